The van der Waals surface area contributed by atoms with E-state index < -0.39 is 34.4 Å². The van der Waals surface area contributed by atoms with Crippen LogP contribution in [0.4, 0.5) is 8.78 Å². The largest absolute Gasteiger partial charge is 0.379 e. The summed E-state index contributed by atoms with van der Waals surface area (Å²) in [6, 6.07) is 0.650. The van der Waals surface area contributed by atoms with Crippen molar-refractivity contribution in [3.8, 4) is 0 Å². The van der Waals surface area contributed by atoms with Crippen LogP contribution in [0.5, 0.6) is 0 Å². The number of rotatable bonds is 6. The van der Waals surface area contributed by atoms with Crippen LogP contribution >= 0.6 is 0 Å². The van der Waals surface area contributed by atoms with Crippen LogP contribution in [0.15, 0.2) is 12.3 Å². The molecular weight excluding hydrogens is 334 g/mol. The molecule has 0 bridgehead atoms. The molecule has 2 atom stereocenters. The third-order valence-corrected chi connectivity index (χ3v) is 5.50. The highest BCUT2D eigenvalue weighted by Gasteiger charge is 2.34. The molecule has 1 fully saturated rings. The van der Waals surface area contributed by atoms with E-state index >= 15 is 0 Å². The number of halogens is 2. The van der Waals surface area contributed by atoms with Crippen molar-refractivity contribution in [1.29, 1.82) is 0 Å². The van der Waals surface area contributed by atoms with E-state index in [9.17, 15) is 22.0 Å². The highest BCUT2D eigenvalue weighted by Crippen LogP contribution is 2.18. The van der Waals surface area contributed by atoms with Crippen molar-refractivity contribution in [2.75, 3.05) is 33.1 Å². The van der Waals surface area contributed by atoms with Crippen LogP contribution < -0.4 is 5.32 Å². The summed E-state index contributed by atoms with van der Waals surface area (Å²) < 4.78 is 55.5. The summed E-state index contributed by atoms with van der Waals surface area (Å²) in [7, 11) is -0.586. The van der Waals surface area contributed by atoms with E-state index in [0.29, 0.717) is 4.68 Å². The molecule has 23 heavy (non-hydrogen) atoms. The first-order valence-electron chi connectivity index (χ1n) is 6.83. The SMILES string of the molecule is CN(C)S(=O)(=O)C[C@@H]1COC[C@@H]1NC(=O)c1ccn(C(F)F)n1. The summed E-state index contributed by atoms with van der Waals surface area (Å²) >= 11 is 0. The molecule has 0 saturated carbocycles. The van der Waals surface area contributed by atoms with Gasteiger partial charge in [0.05, 0.1) is 25.0 Å². The van der Waals surface area contributed by atoms with Crippen molar-refractivity contribution in [2.45, 2.75) is 12.6 Å². The van der Waals surface area contributed by atoms with Gasteiger partial charge in [0.15, 0.2) is 0 Å². The van der Waals surface area contributed by atoms with Gasteiger partial charge in [0.1, 0.15) is 5.69 Å². The molecule has 0 aromatic carbocycles. The number of aromatic nitrogens is 2. The number of ether oxygens (including phenoxy) is 1. The zero-order valence-electron chi connectivity index (χ0n) is 12.6. The Kier molecular flexibility index (Phi) is 5.32. The lowest BCUT2D eigenvalue weighted by molar-refractivity contribution is 0.0559. The lowest BCUT2D eigenvalue weighted by Gasteiger charge is -2.20. The maximum Gasteiger partial charge on any atom is 0.333 e. The first-order valence-corrected chi connectivity index (χ1v) is 8.43. The van der Waals surface area contributed by atoms with Crippen LogP contribution in [-0.4, -0.2) is 67.5 Å². The second-order valence-electron chi connectivity index (χ2n) is 5.40. The molecule has 11 heteroatoms. The number of amides is 1. The highest BCUT2D eigenvalue weighted by molar-refractivity contribution is 7.89. The Hall–Kier alpha value is -1.59. The molecule has 1 saturated heterocycles. The number of sulfonamides is 1. The van der Waals surface area contributed by atoms with Crippen molar-refractivity contribution in [3.63, 3.8) is 0 Å². The Balaban J connectivity index is 2.01. The second kappa shape index (κ2) is 6.89. The first kappa shape index (κ1) is 17.8. The standard InChI is InChI=1S/C12H18F2N4O4S/c1-17(2)23(20,21)7-8-5-22-6-10(8)15-11(19)9-3-4-18(16-9)12(13)14/h3-4,8,10,12H,5-7H2,1-2H3,(H,15,19)/t8-,10-/m0/s1. The maximum atomic E-state index is 12.4. The molecule has 1 aromatic rings. The highest BCUT2D eigenvalue weighted by atomic mass is 32.2. The number of carbonyl (C=O) groups excluding carboxylic acids is 1. The minimum Gasteiger partial charge on any atom is -0.379 e. The first-order chi connectivity index (χ1) is 10.7. The maximum absolute atomic E-state index is 12.4. The van der Waals surface area contributed by atoms with Crippen LogP contribution in [0, 0.1) is 5.92 Å². The van der Waals surface area contributed by atoms with E-state index in [2.05, 4.69) is 10.4 Å². The monoisotopic (exact) mass is 352 g/mol. The molecule has 1 aliphatic heterocycles. The van der Waals surface area contributed by atoms with Gasteiger partial charge in [-0.2, -0.15) is 13.9 Å². The van der Waals surface area contributed by atoms with E-state index in [-0.39, 0.29) is 24.7 Å². The summed E-state index contributed by atoms with van der Waals surface area (Å²) in [4.78, 5) is 12.0. The Bertz CT molecular complexity index is 662. The van der Waals surface area contributed by atoms with Gasteiger partial charge in [0.25, 0.3) is 5.91 Å². The molecule has 0 aliphatic carbocycles. The van der Waals surface area contributed by atoms with Crippen molar-refractivity contribution >= 4 is 15.9 Å². The number of alkyl halides is 2. The van der Waals surface area contributed by atoms with Gasteiger partial charge in [0.2, 0.25) is 10.0 Å². The number of nitrogens with one attached hydrogen (secondary N) is 1. The van der Waals surface area contributed by atoms with Crippen molar-refractivity contribution < 1.29 is 26.7 Å². The van der Waals surface area contributed by atoms with Gasteiger partial charge >= 0.3 is 6.55 Å². The normalized spacial score (nSPS) is 22.0. The van der Waals surface area contributed by atoms with E-state index in [1.807, 2.05) is 0 Å². The number of carbonyl (C=O) groups is 1. The topological polar surface area (TPSA) is 93.5 Å². The lowest BCUT2D eigenvalue weighted by atomic mass is 10.1. The van der Waals surface area contributed by atoms with Gasteiger partial charge in [-0.1, -0.05) is 0 Å². The van der Waals surface area contributed by atoms with Crippen LogP contribution in [0.1, 0.15) is 17.0 Å². The average Bonchev–Trinajstić information content (AvgIpc) is 3.08. The molecule has 0 unspecified atom stereocenters. The van der Waals surface area contributed by atoms with E-state index in [1.165, 1.54) is 20.2 Å². The van der Waals surface area contributed by atoms with Crippen LogP contribution in [-0.2, 0) is 14.8 Å². The molecule has 2 rings (SSSR count). The fourth-order valence-corrected chi connectivity index (χ4v) is 3.32. The second-order valence-corrected chi connectivity index (χ2v) is 7.62. The predicted molar refractivity (Wildman–Crippen MR) is 76.5 cm³/mol. The molecule has 1 amide bonds. The number of hydrogen-bond acceptors (Lipinski definition) is 5. The van der Waals surface area contributed by atoms with Crippen molar-refractivity contribution in [2.24, 2.45) is 5.92 Å². The minimum absolute atomic E-state index is 0.161. The Labute approximate surface area is 132 Å². The molecule has 2 heterocycles. The van der Waals surface area contributed by atoms with E-state index in [1.54, 1.807) is 0 Å². The van der Waals surface area contributed by atoms with Gasteiger partial charge in [-0.15, -0.1) is 0 Å². The molecule has 130 valence electrons. The van der Waals surface area contributed by atoms with Gasteiger partial charge in [-0.25, -0.2) is 17.4 Å². The van der Waals surface area contributed by atoms with Gasteiger partial charge < -0.3 is 10.1 Å². The zero-order valence-corrected chi connectivity index (χ0v) is 13.5. The lowest BCUT2D eigenvalue weighted by Crippen LogP contribution is -2.43. The van der Waals surface area contributed by atoms with Crippen LogP contribution in [0.25, 0.3) is 0 Å². The van der Waals surface area contributed by atoms with Gasteiger partial charge in [-0.3, -0.25) is 4.79 Å². The molecular formula is C12H18F2N4O4S. The van der Waals surface area contributed by atoms with Crippen LogP contribution in [0.3, 0.4) is 0 Å². The van der Waals surface area contributed by atoms with E-state index in [4.69, 9.17) is 4.74 Å². The quantitative estimate of drug-likeness (QED) is 0.773. The van der Waals surface area contributed by atoms with Gasteiger partial charge in [-0.05, 0) is 6.07 Å². The number of nitrogens with zero attached hydrogens (tertiary/aromatic N) is 3. The smallest absolute Gasteiger partial charge is 0.333 e. The molecule has 0 spiro atoms. The van der Waals surface area contributed by atoms with E-state index in [0.717, 1.165) is 10.5 Å². The summed E-state index contributed by atoms with van der Waals surface area (Å²) in [5.74, 6) is -1.23. The fourth-order valence-electron chi connectivity index (χ4n) is 2.15. The number of hydrogen-bond donors (Lipinski definition) is 1. The Morgan fingerprint density at radius 1 is 1.52 bits per heavy atom. The molecule has 8 nitrogen and oxygen atoms in total. The predicted octanol–water partition coefficient (Wildman–Crippen LogP) is -0.0856. The van der Waals surface area contributed by atoms with Gasteiger partial charge in [0, 0.05) is 26.2 Å². The van der Waals surface area contributed by atoms with Crippen LogP contribution in [0.2, 0.25) is 0 Å². The molecule has 1 N–H and O–H groups in total. The molecule has 0 radical (unpaired) electrons. The minimum atomic E-state index is -3.44. The summed E-state index contributed by atoms with van der Waals surface area (Å²) in [5, 5.41) is 6.06. The molecule has 1 aromatic heterocycles. The van der Waals surface area contributed by atoms with Crippen molar-refractivity contribution in [3.05, 3.63) is 18.0 Å². The summed E-state index contributed by atoms with van der Waals surface area (Å²) in [5.41, 5.74) is -0.161. The van der Waals surface area contributed by atoms with Crippen molar-refractivity contribution in [1.82, 2.24) is 19.4 Å². The summed E-state index contributed by atoms with van der Waals surface area (Å²) in [6.45, 7) is -2.47. The summed E-state index contributed by atoms with van der Waals surface area (Å²) in [6.07, 6.45) is 0.999. The fraction of sp³-hybridized carbons (Fsp3) is 0.667. The zero-order chi connectivity index (χ0) is 17.2. The third kappa shape index (κ3) is 4.24. The third-order valence-electron chi connectivity index (χ3n) is 3.54. The molecule has 1 aliphatic rings. The Morgan fingerprint density at radius 3 is 2.78 bits per heavy atom. The average molecular weight is 352 g/mol. The Morgan fingerprint density at radius 2 is 2.22 bits per heavy atom.